The van der Waals surface area contributed by atoms with Gasteiger partial charge in [0.1, 0.15) is 0 Å². The first-order valence-electron chi connectivity index (χ1n) is 7.54. The van der Waals surface area contributed by atoms with Crippen LogP contribution >= 0.6 is 34.3 Å². The van der Waals surface area contributed by atoms with Crippen LogP contribution in [-0.4, -0.2) is 17.6 Å². The first-order chi connectivity index (χ1) is 12.5. The summed E-state index contributed by atoms with van der Waals surface area (Å²) in [5.74, 6) is -1.63. The van der Waals surface area contributed by atoms with Crippen molar-refractivity contribution in [3.8, 4) is 0 Å². The van der Waals surface area contributed by atoms with E-state index in [2.05, 4.69) is 10.6 Å². The summed E-state index contributed by atoms with van der Waals surface area (Å²) >= 11 is 8.69. The van der Waals surface area contributed by atoms with Gasteiger partial charge in [0.15, 0.2) is 0 Å². The fourth-order valence-corrected chi connectivity index (χ4v) is 3.85. The third-order valence-electron chi connectivity index (χ3n) is 3.42. The highest BCUT2D eigenvalue weighted by Gasteiger charge is 2.16. The number of amides is 2. The van der Waals surface area contributed by atoms with Gasteiger partial charge in [-0.2, -0.15) is 11.3 Å². The Balaban J connectivity index is 1.55. The molecule has 0 radical (unpaired) electrons. The van der Waals surface area contributed by atoms with E-state index in [0.717, 1.165) is 4.88 Å². The van der Waals surface area contributed by atoms with Crippen molar-refractivity contribution in [2.24, 2.45) is 0 Å². The number of nitrogens with one attached hydrogen (secondary N) is 2. The molecule has 0 aliphatic rings. The van der Waals surface area contributed by atoms with E-state index in [1.54, 1.807) is 47.8 Å². The summed E-state index contributed by atoms with van der Waals surface area (Å²) in [6.45, 7) is 0.163. The second-order valence-electron chi connectivity index (χ2n) is 5.22. The average Bonchev–Trinajstić information content (AvgIpc) is 3.33. The van der Waals surface area contributed by atoms with Crippen LogP contribution in [0.5, 0.6) is 0 Å². The van der Waals surface area contributed by atoms with Gasteiger partial charge < -0.3 is 10.6 Å². The van der Waals surface area contributed by atoms with Crippen LogP contribution < -0.4 is 10.6 Å². The number of ketones is 1. The average molecular weight is 405 g/mol. The molecule has 2 amide bonds. The second-order valence-corrected chi connectivity index (χ2v) is 7.58. The van der Waals surface area contributed by atoms with Crippen LogP contribution in [-0.2, 0) is 16.1 Å². The third kappa shape index (κ3) is 4.37. The van der Waals surface area contributed by atoms with Crippen molar-refractivity contribution in [3.05, 3.63) is 73.6 Å². The fourth-order valence-electron chi connectivity index (χ4n) is 2.12. The second kappa shape index (κ2) is 8.27. The van der Waals surface area contributed by atoms with E-state index in [-0.39, 0.29) is 12.3 Å². The minimum atomic E-state index is -0.802. The molecule has 132 valence electrons. The van der Waals surface area contributed by atoms with Crippen molar-refractivity contribution in [2.75, 3.05) is 5.32 Å². The van der Waals surface area contributed by atoms with Gasteiger partial charge in [-0.25, -0.2) is 0 Å². The van der Waals surface area contributed by atoms with Crippen LogP contribution in [0.15, 0.2) is 53.2 Å². The molecule has 2 heterocycles. The van der Waals surface area contributed by atoms with Crippen LogP contribution in [0.2, 0.25) is 5.02 Å². The predicted molar refractivity (Wildman–Crippen MR) is 104 cm³/mol. The first kappa shape index (κ1) is 18.3. The Kier molecular flexibility index (Phi) is 5.82. The number of carbonyl (C=O) groups is 3. The molecule has 1 aromatic carbocycles. The molecule has 0 saturated heterocycles. The van der Waals surface area contributed by atoms with Crippen molar-refractivity contribution in [1.29, 1.82) is 0 Å². The van der Waals surface area contributed by atoms with Gasteiger partial charge in [0.05, 0.1) is 22.1 Å². The summed E-state index contributed by atoms with van der Waals surface area (Å²) in [6, 6.07) is 11.9. The number of halogens is 1. The zero-order chi connectivity index (χ0) is 18.5. The Morgan fingerprint density at radius 2 is 1.81 bits per heavy atom. The third-order valence-corrected chi connectivity index (χ3v) is 5.52. The molecule has 0 aliphatic carbocycles. The number of hydrogen-bond donors (Lipinski definition) is 2. The van der Waals surface area contributed by atoms with Crippen LogP contribution in [0.4, 0.5) is 5.69 Å². The maximum Gasteiger partial charge on any atom is 0.313 e. The Morgan fingerprint density at radius 3 is 2.54 bits per heavy atom. The summed E-state index contributed by atoms with van der Waals surface area (Å²) in [5, 5.41) is 8.98. The summed E-state index contributed by atoms with van der Waals surface area (Å²) in [7, 11) is 0. The molecule has 2 aromatic heterocycles. The largest absolute Gasteiger partial charge is 0.343 e. The molecular weight excluding hydrogens is 392 g/mol. The van der Waals surface area contributed by atoms with Crippen molar-refractivity contribution in [3.63, 3.8) is 0 Å². The molecule has 26 heavy (non-hydrogen) atoms. The number of rotatable bonds is 5. The highest BCUT2D eigenvalue weighted by atomic mass is 35.5. The first-order valence-corrected chi connectivity index (χ1v) is 9.67. The minimum absolute atomic E-state index is 0.0507. The van der Waals surface area contributed by atoms with Gasteiger partial charge in [0.25, 0.3) is 0 Å². The lowest BCUT2D eigenvalue weighted by Gasteiger charge is -2.07. The zero-order valence-corrected chi connectivity index (χ0v) is 15.7. The summed E-state index contributed by atoms with van der Waals surface area (Å²) in [4.78, 5) is 37.5. The molecule has 8 heteroatoms. The van der Waals surface area contributed by atoms with Gasteiger partial charge >= 0.3 is 11.8 Å². The number of benzene rings is 1. The molecule has 5 nitrogen and oxygen atoms in total. The molecule has 2 N–H and O–H groups in total. The van der Waals surface area contributed by atoms with E-state index in [1.165, 1.54) is 22.7 Å². The van der Waals surface area contributed by atoms with E-state index < -0.39 is 11.8 Å². The van der Waals surface area contributed by atoms with Crippen molar-refractivity contribution in [2.45, 2.75) is 6.54 Å². The van der Waals surface area contributed by atoms with E-state index in [0.29, 0.717) is 21.2 Å². The quantitative estimate of drug-likeness (QED) is 0.499. The van der Waals surface area contributed by atoms with Crippen LogP contribution in [0.1, 0.15) is 20.1 Å². The maximum absolute atomic E-state index is 12.3. The number of anilines is 1. The van der Waals surface area contributed by atoms with E-state index >= 15 is 0 Å². The molecule has 0 bridgehead atoms. The number of para-hydroxylation sites is 1. The Bertz CT molecular complexity index is 951. The number of hydrogen-bond acceptors (Lipinski definition) is 5. The highest BCUT2D eigenvalue weighted by molar-refractivity contribution is 7.14. The lowest BCUT2D eigenvalue weighted by Crippen LogP contribution is -2.34. The van der Waals surface area contributed by atoms with Crippen LogP contribution in [0.25, 0.3) is 0 Å². The van der Waals surface area contributed by atoms with Crippen LogP contribution in [0.3, 0.4) is 0 Å². The lowest BCUT2D eigenvalue weighted by molar-refractivity contribution is -0.136. The topological polar surface area (TPSA) is 75.3 Å². The summed E-state index contributed by atoms with van der Waals surface area (Å²) < 4.78 is 0. The molecule has 0 atom stereocenters. The van der Waals surface area contributed by atoms with Gasteiger partial charge in [-0.1, -0.05) is 23.7 Å². The Hall–Kier alpha value is -2.48. The Labute approximate surface area is 162 Å². The summed E-state index contributed by atoms with van der Waals surface area (Å²) in [5.41, 5.74) is 1.01. The zero-order valence-electron chi connectivity index (χ0n) is 13.3. The predicted octanol–water partition coefficient (Wildman–Crippen LogP) is 3.95. The molecular formula is C18H13ClN2O3S2. The standard InChI is InChI=1S/C18H13ClN2O3S2/c19-13-3-1-2-4-14(13)21-18(24)17(23)20-9-12-5-6-15(26-12)16(22)11-7-8-25-10-11/h1-8,10H,9H2,(H,20,23)(H,21,24). The van der Waals surface area contributed by atoms with Crippen molar-refractivity contribution < 1.29 is 14.4 Å². The van der Waals surface area contributed by atoms with Crippen molar-refractivity contribution >= 4 is 57.6 Å². The molecule has 0 unspecified atom stereocenters. The fraction of sp³-hybridized carbons (Fsp3) is 0.0556. The summed E-state index contributed by atoms with van der Waals surface area (Å²) in [6.07, 6.45) is 0. The minimum Gasteiger partial charge on any atom is -0.343 e. The molecule has 0 fully saturated rings. The Morgan fingerprint density at radius 1 is 1.00 bits per heavy atom. The number of carbonyl (C=O) groups excluding carboxylic acids is 3. The monoisotopic (exact) mass is 404 g/mol. The molecule has 3 rings (SSSR count). The number of thiophene rings is 2. The van der Waals surface area contributed by atoms with E-state index in [9.17, 15) is 14.4 Å². The van der Waals surface area contributed by atoms with Gasteiger partial charge in [0.2, 0.25) is 5.78 Å². The molecule has 0 spiro atoms. The molecule has 3 aromatic rings. The maximum atomic E-state index is 12.3. The van der Waals surface area contributed by atoms with E-state index in [4.69, 9.17) is 11.6 Å². The smallest absolute Gasteiger partial charge is 0.313 e. The SMILES string of the molecule is O=C(NCc1ccc(C(=O)c2ccsc2)s1)C(=O)Nc1ccccc1Cl. The normalized spacial score (nSPS) is 10.3. The molecule has 0 saturated carbocycles. The van der Waals surface area contributed by atoms with Gasteiger partial charge in [0, 0.05) is 15.8 Å². The van der Waals surface area contributed by atoms with Crippen molar-refractivity contribution in [1.82, 2.24) is 5.32 Å². The van der Waals surface area contributed by atoms with Gasteiger partial charge in [-0.3, -0.25) is 14.4 Å². The lowest BCUT2D eigenvalue weighted by atomic mass is 10.2. The van der Waals surface area contributed by atoms with Crippen LogP contribution in [0, 0.1) is 0 Å². The van der Waals surface area contributed by atoms with Gasteiger partial charge in [-0.05, 0) is 35.7 Å². The van der Waals surface area contributed by atoms with Gasteiger partial charge in [-0.15, -0.1) is 11.3 Å². The highest BCUT2D eigenvalue weighted by Crippen LogP contribution is 2.22. The van der Waals surface area contributed by atoms with E-state index in [1.807, 2.05) is 5.38 Å². The molecule has 0 aliphatic heterocycles.